The Morgan fingerprint density at radius 2 is 2.15 bits per heavy atom. The van der Waals surface area contributed by atoms with Gasteiger partial charge in [-0.25, -0.2) is 9.31 Å². The average molecular weight is 288 g/mol. The predicted octanol–water partition coefficient (Wildman–Crippen LogP) is 2.75. The van der Waals surface area contributed by atoms with Crippen LogP contribution in [0.15, 0.2) is 24.5 Å². The van der Waals surface area contributed by atoms with Crippen LogP contribution in [0.3, 0.4) is 0 Å². The molecular formula is C12H11F3N2O3. The van der Waals surface area contributed by atoms with Gasteiger partial charge in [-0.15, -0.1) is 0 Å². The lowest BCUT2D eigenvalue weighted by molar-refractivity contribution is -0.136. The standard InChI is InChI=1S/C12H11F3N2O3/c13-12(14,15)4-1-5-20-8-2-3-10-9(11(18)19)6-16-17(10)7-8/h2-3,6-7H,1,4-5H2,(H,18,19). The number of aromatic carboxylic acids is 1. The van der Waals surface area contributed by atoms with Gasteiger partial charge in [0.15, 0.2) is 0 Å². The molecule has 5 nitrogen and oxygen atoms in total. The Labute approximate surface area is 111 Å². The highest BCUT2D eigenvalue weighted by Gasteiger charge is 2.26. The fraction of sp³-hybridized carbons (Fsp3) is 0.333. The first-order chi connectivity index (χ1) is 9.37. The zero-order valence-corrected chi connectivity index (χ0v) is 10.2. The monoisotopic (exact) mass is 288 g/mol. The van der Waals surface area contributed by atoms with Crippen LogP contribution in [0.4, 0.5) is 13.2 Å². The van der Waals surface area contributed by atoms with Gasteiger partial charge in [-0.2, -0.15) is 18.3 Å². The van der Waals surface area contributed by atoms with Gasteiger partial charge in [0.25, 0.3) is 0 Å². The van der Waals surface area contributed by atoms with Crippen molar-refractivity contribution in [3.8, 4) is 5.75 Å². The summed E-state index contributed by atoms with van der Waals surface area (Å²) < 4.78 is 42.3. The zero-order chi connectivity index (χ0) is 14.8. The van der Waals surface area contributed by atoms with Gasteiger partial charge < -0.3 is 9.84 Å². The first-order valence-corrected chi connectivity index (χ1v) is 5.77. The summed E-state index contributed by atoms with van der Waals surface area (Å²) in [6.07, 6.45) is -2.60. The molecule has 0 aliphatic rings. The molecule has 0 bridgehead atoms. The largest absolute Gasteiger partial charge is 0.492 e. The molecule has 2 heterocycles. The molecule has 0 aliphatic carbocycles. The summed E-state index contributed by atoms with van der Waals surface area (Å²) in [5.74, 6) is -0.765. The number of hydrogen-bond donors (Lipinski definition) is 1. The Morgan fingerprint density at radius 1 is 1.40 bits per heavy atom. The SMILES string of the molecule is O=C(O)c1cnn2cc(OCCCC(F)(F)F)ccc12. The molecule has 0 aliphatic heterocycles. The topological polar surface area (TPSA) is 63.8 Å². The Balaban J connectivity index is 2.00. The van der Waals surface area contributed by atoms with E-state index in [0.717, 1.165) is 0 Å². The van der Waals surface area contributed by atoms with E-state index >= 15 is 0 Å². The molecule has 2 rings (SSSR count). The van der Waals surface area contributed by atoms with E-state index in [-0.39, 0.29) is 18.6 Å². The van der Waals surface area contributed by atoms with Crippen molar-refractivity contribution in [2.45, 2.75) is 19.0 Å². The molecule has 0 saturated carbocycles. The van der Waals surface area contributed by atoms with Crippen LogP contribution in [0.2, 0.25) is 0 Å². The highest BCUT2D eigenvalue weighted by molar-refractivity contribution is 5.95. The van der Waals surface area contributed by atoms with Crippen molar-refractivity contribution in [3.05, 3.63) is 30.1 Å². The summed E-state index contributed by atoms with van der Waals surface area (Å²) in [4.78, 5) is 10.9. The van der Waals surface area contributed by atoms with Crippen LogP contribution in [-0.2, 0) is 0 Å². The van der Waals surface area contributed by atoms with Gasteiger partial charge in [0, 0.05) is 6.42 Å². The van der Waals surface area contributed by atoms with Crippen LogP contribution in [-0.4, -0.2) is 33.5 Å². The van der Waals surface area contributed by atoms with E-state index < -0.39 is 18.6 Å². The van der Waals surface area contributed by atoms with Crippen molar-refractivity contribution < 1.29 is 27.8 Å². The first kappa shape index (κ1) is 14.2. The third-order valence-corrected chi connectivity index (χ3v) is 2.59. The van der Waals surface area contributed by atoms with E-state index in [1.807, 2.05) is 0 Å². The minimum Gasteiger partial charge on any atom is -0.492 e. The van der Waals surface area contributed by atoms with Gasteiger partial charge in [0.05, 0.1) is 24.5 Å². The minimum atomic E-state index is -4.19. The van der Waals surface area contributed by atoms with Crippen LogP contribution in [0.1, 0.15) is 23.2 Å². The van der Waals surface area contributed by atoms with Crippen LogP contribution >= 0.6 is 0 Å². The molecule has 108 valence electrons. The number of pyridine rings is 1. The molecule has 0 radical (unpaired) electrons. The summed E-state index contributed by atoms with van der Waals surface area (Å²) in [6, 6.07) is 2.99. The second-order valence-electron chi connectivity index (χ2n) is 4.13. The number of nitrogens with zero attached hydrogens (tertiary/aromatic N) is 2. The van der Waals surface area contributed by atoms with E-state index in [4.69, 9.17) is 9.84 Å². The zero-order valence-electron chi connectivity index (χ0n) is 10.2. The third kappa shape index (κ3) is 3.40. The molecule has 0 amide bonds. The maximum absolute atomic E-state index is 11.9. The molecule has 0 aromatic carbocycles. The molecular weight excluding hydrogens is 277 g/mol. The third-order valence-electron chi connectivity index (χ3n) is 2.59. The number of rotatable bonds is 5. The summed E-state index contributed by atoms with van der Waals surface area (Å²) >= 11 is 0. The molecule has 0 saturated heterocycles. The van der Waals surface area contributed by atoms with Crippen molar-refractivity contribution in [2.24, 2.45) is 0 Å². The number of aromatic nitrogens is 2. The number of carboxylic acid groups (broad SMARTS) is 1. The van der Waals surface area contributed by atoms with Gasteiger partial charge in [-0.3, -0.25) is 0 Å². The normalized spacial score (nSPS) is 11.8. The molecule has 8 heteroatoms. The Hall–Kier alpha value is -2.25. The Bertz CT molecular complexity index is 622. The molecule has 2 aromatic heterocycles. The number of carboxylic acids is 1. The summed E-state index contributed by atoms with van der Waals surface area (Å²) in [5, 5.41) is 12.7. The van der Waals surface area contributed by atoms with Crippen LogP contribution in [0.25, 0.3) is 5.52 Å². The molecule has 2 aromatic rings. The molecule has 20 heavy (non-hydrogen) atoms. The van der Waals surface area contributed by atoms with Crippen LogP contribution < -0.4 is 4.74 Å². The fourth-order valence-corrected chi connectivity index (χ4v) is 1.68. The summed E-state index contributed by atoms with van der Waals surface area (Å²) in [6.45, 7) is -0.0714. The van der Waals surface area contributed by atoms with Gasteiger partial charge in [0.1, 0.15) is 11.3 Å². The molecule has 0 unspecified atom stereocenters. The average Bonchev–Trinajstić information content (AvgIpc) is 2.76. The summed E-state index contributed by atoms with van der Waals surface area (Å²) in [5.41, 5.74) is 0.439. The highest BCUT2D eigenvalue weighted by Crippen LogP contribution is 2.22. The second-order valence-corrected chi connectivity index (χ2v) is 4.13. The van der Waals surface area contributed by atoms with E-state index in [9.17, 15) is 18.0 Å². The number of halogens is 3. The van der Waals surface area contributed by atoms with Gasteiger partial charge in [-0.05, 0) is 18.6 Å². The van der Waals surface area contributed by atoms with E-state index in [1.54, 1.807) is 0 Å². The molecule has 0 atom stereocenters. The maximum atomic E-state index is 11.9. The summed E-state index contributed by atoms with van der Waals surface area (Å²) in [7, 11) is 0. The van der Waals surface area contributed by atoms with Gasteiger partial charge in [-0.1, -0.05) is 0 Å². The Morgan fingerprint density at radius 3 is 2.80 bits per heavy atom. The van der Waals surface area contributed by atoms with E-state index in [2.05, 4.69) is 5.10 Å². The number of hydrogen-bond acceptors (Lipinski definition) is 3. The smallest absolute Gasteiger partial charge is 0.389 e. The highest BCUT2D eigenvalue weighted by atomic mass is 19.4. The number of alkyl halides is 3. The lowest BCUT2D eigenvalue weighted by Crippen LogP contribution is -2.09. The van der Waals surface area contributed by atoms with Crippen molar-refractivity contribution in [2.75, 3.05) is 6.61 Å². The van der Waals surface area contributed by atoms with Crippen molar-refractivity contribution in [1.82, 2.24) is 9.61 Å². The van der Waals surface area contributed by atoms with Crippen LogP contribution in [0.5, 0.6) is 5.75 Å². The predicted molar refractivity (Wildman–Crippen MR) is 62.9 cm³/mol. The number of fused-ring (bicyclic) bond motifs is 1. The maximum Gasteiger partial charge on any atom is 0.389 e. The van der Waals surface area contributed by atoms with Gasteiger partial charge >= 0.3 is 12.1 Å². The number of ether oxygens (including phenoxy) is 1. The van der Waals surface area contributed by atoms with Crippen molar-refractivity contribution in [1.29, 1.82) is 0 Å². The van der Waals surface area contributed by atoms with E-state index in [1.165, 1.54) is 29.0 Å². The lowest BCUT2D eigenvalue weighted by atomic mass is 10.2. The molecule has 0 spiro atoms. The first-order valence-electron chi connectivity index (χ1n) is 5.77. The van der Waals surface area contributed by atoms with Gasteiger partial charge in [0.2, 0.25) is 0 Å². The minimum absolute atomic E-state index is 0.0496. The van der Waals surface area contributed by atoms with E-state index in [0.29, 0.717) is 11.3 Å². The van der Waals surface area contributed by atoms with Crippen molar-refractivity contribution >= 4 is 11.5 Å². The fourth-order valence-electron chi connectivity index (χ4n) is 1.68. The van der Waals surface area contributed by atoms with Crippen LogP contribution in [0, 0.1) is 0 Å². The van der Waals surface area contributed by atoms with Crippen molar-refractivity contribution in [3.63, 3.8) is 0 Å². The lowest BCUT2D eigenvalue weighted by Gasteiger charge is -2.08. The quantitative estimate of drug-likeness (QED) is 0.859. The number of carbonyl (C=O) groups is 1. The molecule has 0 fully saturated rings. The second kappa shape index (κ2) is 5.40. The Kier molecular flexibility index (Phi) is 3.82. The molecule has 1 N–H and O–H groups in total.